The first-order valence-corrected chi connectivity index (χ1v) is 10.8. The Morgan fingerprint density at radius 1 is 1.24 bits per heavy atom. The summed E-state index contributed by atoms with van der Waals surface area (Å²) in [6.45, 7) is 4.55. The predicted octanol–water partition coefficient (Wildman–Crippen LogP) is 4.23. The average molecular weight is 462 g/mol. The number of halogens is 3. The largest absolute Gasteiger partial charge is 0.497 e. The molecule has 2 aliphatic rings. The molecule has 0 aliphatic carbocycles. The minimum atomic E-state index is -4.55. The maximum Gasteiger partial charge on any atom is 0.449 e. The molecule has 0 saturated carbocycles. The predicted molar refractivity (Wildman–Crippen MR) is 117 cm³/mol. The molecule has 0 amide bonds. The maximum atomic E-state index is 13.3. The van der Waals surface area contributed by atoms with Gasteiger partial charge in [-0.15, -0.1) is 0 Å². The van der Waals surface area contributed by atoms with Gasteiger partial charge in [0, 0.05) is 24.7 Å². The van der Waals surface area contributed by atoms with Crippen LogP contribution in [0.15, 0.2) is 36.4 Å². The molecule has 10 heteroatoms. The molecule has 3 heterocycles. The number of anilines is 1. The van der Waals surface area contributed by atoms with Crippen LogP contribution < -0.4 is 14.8 Å². The number of hydrogen-bond donors (Lipinski definition) is 2. The van der Waals surface area contributed by atoms with Crippen molar-refractivity contribution >= 4 is 16.7 Å². The molecule has 2 N–H and O–H groups in total. The van der Waals surface area contributed by atoms with Crippen molar-refractivity contribution in [2.24, 2.45) is 0 Å². The van der Waals surface area contributed by atoms with E-state index in [2.05, 4.69) is 20.2 Å². The van der Waals surface area contributed by atoms with E-state index in [0.29, 0.717) is 35.9 Å². The van der Waals surface area contributed by atoms with E-state index in [1.165, 1.54) is 0 Å². The fourth-order valence-electron chi connectivity index (χ4n) is 4.59. The van der Waals surface area contributed by atoms with Crippen molar-refractivity contribution in [2.45, 2.75) is 31.3 Å². The molecule has 3 atom stereocenters. The van der Waals surface area contributed by atoms with E-state index in [9.17, 15) is 13.2 Å². The number of alkyl halides is 3. The minimum Gasteiger partial charge on any atom is -0.497 e. The number of morpholine rings is 1. The van der Waals surface area contributed by atoms with Gasteiger partial charge in [0.05, 0.1) is 43.1 Å². The van der Waals surface area contributed by atoms with Gasteiger partial charge in [-0.25, -0.2) is 4.98 Å². The lowest BCUT2D eigenvalue weighted by atomic mass is 9.93. The highest BCUT2D eigenvalue weighted by atomic mass is 19.4. The summed E-state index contributed by atoms with van der Waals surface area (Å²) >= 11 is 0. The molecule has 2 aliphatic heterocycles. The highest BCUT2D eigenvalue weighted by molar-refractivity contribution is 5.88. The molecule has 0 unspecified atom stereocenters. The lowest BCUT2D eigenvalue weighted by molar-refractivity contribution is -0.144. The van der Waals surface area contributed by atoms with Crippen molar-refractivity contribution < 1.29 is 27.4 Å². The number of hydrogen-bond acceptors (Lipinski definition) is 6. The van der Waals surface area contributed by atoms with Crippen LogP contribution in [-0.2, 0) is 10.9 Å². The molecule has 1 saturated heterocycles. The Kier molecular flexibility index (Phi) is 5.57. The number of nitrogens with zero attached hydrogens (tertiary/aromatic N) is 2. The van der Waals surface area contributed by atoms with Gasteiger partial charge in [0.25, 0.3) is 0 Å². The first kappa shape index (κ1) is 21.8. The van der Waals surface area contributed by atoms with Crippen molar-refractivity contribution in [3.63, 3.8) is 0 Å². The third kappa shape index (κ3) is 4.20. The van der Waals surface area contributed by atoms with E-state index in [1.807, 2.05) is 25.1 Å². The second-order valence-corrected chi connectivity index (χ2v) is 8.37. The Bertz CT molecular complexity index is 1150. The lowest BCUT2D eigenvalue weighted by Crippen LogP contribution is -2.54. The van der Waals surface area contributed by atoms with E-state index in [4.69, 9.17) is 14.2 Å². The number of imidazole rings is 1. The van der Waals surface area contributed by atoms with Gasteiger partial charge in [-0.1, -0.05) is 6.07 Å². The number of para-hydroxylation sites is 1. The molecular formula is C23H25F3N4O3. The van der Waals surface area contributed by atoms with E-state index in [-0.39, 0.29) is 23.7 Å². The maximum absolute atomic E-state index is 13.3. The first-order chi connectivity index (χ1) is 15.8. The van der Waals surface area contributed by atoms with Gasteiger partial charge < -0.3 is 24.5 Å². The fraction of sp³-hybridized carbons (Fsp3) is 0.435. The second-order valence-electron chi connectivity index (χ2n) is 8.37. The van der Waals surface area contributed by atoms with Gasteiger partial charge in [-0.2, -0.15) is 13.2 Å². The Morgan fingerprint density at radius 3 is 2.85 bits per heavy atom. The number of ether oxygens (including phenoxy) is 3. The molecule has 0 spiro atoms. The van der Waals surface area contributed by atoms with E-state index >= 15 is 0 Å². The Morgan fingerprint density at radius 2 is 2.09 bits per heavy atom. The van der Waals surface area contributed by atoms with Gasteiger partial charge in [0.2, 0.25) is 5.82 Å². The Hall–Kier alpha value is -2.98. The van der Waals surface area contributed by atoms with E-state index in [0.717, 1.165) is 18.7 Å². The van der Waals surface area contributed by atoms with Gasteiger partial charge in [0.15, 0.2) is 0 Å². The second kappa shape index (κ2) is 8.42. The number of methoxy groups -OCH3 is 1. The van der Waals surface area contributed by atoms with Crippen LogP contribution in [0.4, 0.5) is 18.9 Å². The molecular weight excluding hydrogens is 437 g/mol. The topological polar surface area (TPSA) is 71.6 Å². The molecule has 0 radical (unpaired) electrons. The molecule has 1 aromatic heterocycles. The molecule has 2 aromatic carbocycles. The summed E-state index contributed by atoms with van der Waals surface area (Å²) in [5, 5.41) is 3.49. The van der Waals surface area contributed by atoms with Crippen molar-refractivity contribution in [1.82, 2.24) is 14.9 Å². The number of rotatable bonds is 4. The molecule has 0 bridgehead atoms. The van der Waals surface area contributed by atoms with Crippen molar-refractivity contribution in [3.05, 3.63) is 47.8 Å². The number of nitrogens with one attached hydrogen (secondary N) is 2. The third-order valence-corrected chi connectivity index (χ3v) is 6.18. The summed E-state index contributed by atoms with van der Waals surface area (Å²) in [5.74, 6) is 0.354. The van der Waals surface area contributed by atoms with Gasteiger partial charge >= 0.3 is 6.18 Å². The molecule has 7 nitrogen and oxygen atoms in total. The summed E-state index contributed by atoms with van der Waals surface area (Å²) in [6.07, 6.45) is -4.47. The van der Waals surface area contributed by atoms with E-state index < -0.39 is 12.0 Å². The van der Waals surface area contributed by atoms with Crippen LogP contribution in [0.1, 0.15) is 24.4 Å². The van der Waals surface area contributed by atoms with Crippen molar-refractivity contribution in [3.8, 4) is 11.5 Å². The zero-order valence-electron chi connectivity index (χ0n) is 18.3. The normalized spacial score (nSPS) is 23.7. The van der Waals surface area contributed by atoms with Crippen LogP contribution in [0, 0.1) is 0 Å². The zero-order chi connectivity index (χ0) is 23.2. The smallest absolute Gasteiger partial charge is 0.449 e. The number of aromatic nitrogens is 2. The van der Waals surface area contributed by atoms with Crippen LogP contribution in [0.3, 0.4) is 0 Å². The summed E-state index contributed by atoms with van der Waals surface area (Å²) in [6, 6.07) is 10.4. The SMILES string of the molecule is COc1ccc2c(c1)OC[C@H](N1CCO[C@H](C)C1)[C@H]2Nc1cccc2[nH]c(C(F)(F)F)nc12. The quantitative estimate of drug-likeness (QED) is 0.605. The number of H-pyrrole nitrogens is 1. The van der Waals surface area contributed by atoms with Crippen LogP contribution in [0.5, 0.6) is 11.5 Å². The average Bonchev–Trinajstić information content (AvgIpc) is 3.25. The van der Waals surface area contributed by atoms with Crippen LogP contribution in [0.2, 0.25) is 0 Å². The van der Waals surface area contributed by atoms with Gasteiger partial charge in [0.1, 0.15) is 23.6 Å². The number of aromatic amines is 1. The summed E-state index contributed by atoms with van der Waals surface area (Å²) in [4.78, 5) is 8.55. The molecule has 176 valence electrons. The highest BCUT2D eigenvalue weighted by Gasteiger charge is 2.38. The van der Waals surface area contributed by atoms with Crippen LogP contribution in [-0.4, -0.2) is 60.4 Å². The van der Waals surface area contributed by atoms with Gasteiger partial charge in [-0.05, 0) is 31.2 Å². The fourth-order valence-corrected chi connectivity index (χ4v) is 4.59. The Balaban J connectivity index is 1.55. The Labute approximate surface area is 188 Å². The minimum absolute atomic E-state index is 0.0477. The van der Waals surface area contributed by atoms with Crippen LogP contribution >= 0.6 is 0 Å². The van der Waals surface area contributed by atoms with Crippen LogP contribution in [0.25, 0.3) is 11.0 Å². The number of fused-ring (bicyclic) bond motifs is 2. The third-order valence-electron chi connectivity index (χ3n) is 6.18. The van der Waals surface area contributed by atoms with Gasteiger partial charge in [-0.3, -0.25) is 4.90 Å². The molecule has 1 fully saturated rings. The first-order valence-electron chi connectivity index (χ1n) is 10.8. The van der Waals surface area contributed by atoms with E-state index in [1.54, 1.807) is 25.3 Å². The summed E-state index contributed by atoms with van der Waals surface area (Å²) in [5.41, 5.74) is 2.01. The molecule has 33 heavy (non-hydrogen) atoms. The monoisotopic (exact) mass is 462 g/mol. The van der Waals surface area contributed by atoms with Crippen molar-refractivity contribution in [1.29, 1.82) is 0 Å². The number of benzene rings is 2. The molecule has 5 rings (SSSR count). The lowest BCUT2D eigenvalue weighted by Gasteiger charge is -2.44. The molecule has 3 aromatic rings. The zero-order valence-corrected chi connectivity index (χ0v) is 18.3. The summed E-state index contributed by atoms with van der Waals surface area (Å²) in [7, 11) is 1.59. The summed E-state index contributed by atoms with van der Waals surface area (Å²) < 4.78 is 56.9. The van der Waals surface area contributed by atoms with Crippen molar-refractivity contribution in [2.75, 3.05) is 38.7 Å². The highest BCUT2D eigenvalue weighted by Crippen LogP contribution is 2.40. The standard InChI is InChI=1S/C23H25F3N4O3/c1-13-11-30(8-9-32-13)18-12-33-19-10-14(31-2)6-7-15(19)20(18)27-16-4-3-5-17-21(16)29-22(28-17)23(24,25)26/h3-7,10,13,18,20,27H,8-9,11-12H2,1-2H3,(H,28,29)/t13-,18+,20+/m1/s1.